The van der Waals surface area contributed by atoms with Gasteiger partial charge in [-0.1, -0.05) is 25.1 Å². The van der Waals surface area contributed by atoms with Crippen LogP contribution in [0.3, 0.4) is 0 Å². The average Bonchev–Trinajstić information content (AvgIpc) is 2.86. The van der Waals surface area contributed by atoms with Crippen molar-refractivity contribution in [2.75, 3.05) is 19.0 Å². The lowest BCUT2D eigenvalue weighted by Crippen LogP contribution is -2.22. The van der Waals surface area contributed by atoms with E-state index >= 15 is 0 Å². The van der Waals surface area contributed by atoms with Crippen LogP contribution in [0.1, 0.15) is 36.3 Å². The first-order chi connectivity index (χ1) is 9.67. The normalized spacial score (nSPS) is 12.4. The fraction of sp³-hybridized carbons (Fsp3) is 0.412. The van der Waals surface area contributed by atoms with Crippen molar-refractivity contribution < 1.29 is 4.42 Å². The van der Waals surface area contributed by atoms with Gasteiger partial charge in [0.1, 0.15) is 5.76 Å². The maximum atomic E-state index is 5.38. The molecule has 1 aromatic carbocycles. The zero-order valence-corrected chi connectivity index (χ0v) is 12.8. The highest BCUT2D eigenvalue weighted by Crippen LogP contribution is 2.28. The number of para-hydroxylation sites is 1. The van der Waals surface area contributed by atoms with Crippen molar-refractivity contribution in [1.29, 1.82) is 0 Å². The lowest BCUT2D eigenvalue weighted by atomic mass is 10.0. The monoisotopic (exact) mass is 272 g/mol. The maximum absolute atomic E-state index is 5.38. The van der Waals surface area contributed by atoms with Crippen LogP contribution in [0.15, 0.2) is 41.0 Å². The smallest absolute Gasteiger partial charge is 0.105 e. The highest BCUT2D eigenvalue weighted by Gasteiger charge is 2.15. The van der Waals surface area contributed by atoms with E-state index in [9.17, 15) is 0 Å². The molecular weight excluding hydrogens is 248 g/mol. The quantitative estimate of drug-likeness (QED) is 0.864. The molecule has 0 saturated heterocycles. The molecule has 1 atom stereocenters. The first-order valence-electron chi connectivity index (χ1n) is 7.17. The van der Waals surface area contributed by atoms with E-state index in [1.165, 1.54) is 16.8 Å². The number of benzene rings is 1. The van der Waals surface area contributed by atoms with Crippen molar-refractivity contribution in [3.8, 4) is 0 Å². The van der Waals surface area contributed by atoms with E-state index in [0.29, 0.717) is 6.04 Å². The van der Waals surface area contributed by atoms with Crippen LogP contribution in [-0.2, 0) is 6.54 Å². The Bertz CT molecular complexity index is 543. The highest BCUT2D eigenvalue weighted by molar-refractivity contribution is 5.55. The van der Waals surface area contributed by atoms with Gasteiger partial charge in [0.05, 0.1) is 6.26 Å². The van der Waals surface area contributed by atoms with Crippen molar-refractivity contribution in [1.82, 2.24) is 5.32 Å². The molecule has 3 heteroatoms. The summed E-state index contributed by atoms with van der Waals surface area (Å²) in [4.78, 5) is 2.28. The lowest BCUT2D eigenvalue weighted by Gasteiger charge is -2.26. The molecule has 0 aliphatic heterocycles. The van der Waals surface area contributed by atoms with Gasteiger partial charge in [-0.2, -0.15) is 0 Å². The highest BCUT2D eigenvalue weighted by atomic mass is 16.3. The molecule has 0 amide bonds. The number of anilines is 1. The van der Waals surface area contributed by atoms with Crippen LogP contribution in [0.4, 0.5) is 5.69 Å². The summed E-state index contributed by atoms with van der Waals surface area (Å²) in [5.41, 5.74) is 3.86. The number of nitrogens with zero attached hydrogens (tertiary/aromatic N) is 1. The standard InChI is InChI=1S/C17H24N2O/c1-5-16(18-3)15-8-6-7-9-17(15)19(4)12-14-10-11-20-13(14)2/h6-11,16,18H,5,12H2,1-4H3. The SMILES string of the molecule is CCC(NC)c1ccccc1N(C)Cc1ccoc1C. The molecule has 1 N–H and O–H groups in total. The predicted molar refractivity (Wildman–Crippen MR) is 84.1 cm³/mol. The minimum Gasteiger partial charge on any atom is -0.469 e. The maximum Gasteiger partial charge on any atom is 0.105 e. The number of hydrogen-bond acceptors (Lipinski definition) is 3. The van der Waals surface area contributed by atoms with Crippen LogP contribution in [0.2, 0.25) is 0 Å². The van der Waals surface area contributed by atoms with Crippen molar-refractivity contribution in [2.45, 2.75) is 32.9 Å². The molecular formula is C17H24N2O. The number of rotatable bonds is 6. The van der Waals surface area contributed by atoms with Crippen molar-refractivity contribution in [2.24, 2.45) is 0 Å². The predicted octanol–water partition coefficient (Wildman–Crippen LogP) is 3.89. The molecule has 0 aliphatic rings. The van der Waals surface area contributed by atoms with E-state index < -0.39 is 0 Å². The van der Waals surface area contributed by atoms with Gasteiger partial charge in [-0.3, -0.25) is 0 Å². The summed E-state index contributed by atoms with van der Waals surface area (Å²) in [7, 11) is 4.15. The fourth-order valence-electron chi connectivity index (χ4n) is 2.63. The summed E-state index contributed by atoms with van der Waals surface area (Å²) in [6, 6.07) is 11.0. The van der Waals surface area contributed by atoms with Gasteiger partial charge in [0.25, 0.3) is 0 Å². The average molecular weight is 272 g/mol. The molecule has 3 nitrogen and oxygen atoms in total. The summed E-state index contributed by atoms with van der Waals surface area (Å²) in [5, 5.41) is 3.39. The second-order valence-electron chi connectivity index (χ2n) is 5.17. The van der Waals surface area contributed by atoms with E-state index in [1.807, 2.05) is 20.0 Å². The largest absolute Gasteiger partial charge is 0.469 e. The van der Waals surface area contributed by atoms with Gasteiger partial charge in [-0.25, -0.2) is 0 Å². The van der Waals surface area contributed by atoms with Crippen LogP contribution < -0.4 is 10.2 Å². The lowest BCUT2D eigenvalue weighted by molar-refractivity contribution is 0.529. The third kappa shape index (κ3) is 3.05. The molecule has 2 rings (SSSR count). The molecule has 0 radical (unpaired) electrons. The first-order valence-corrected chi connectivity index (χ1v) is 7.17. The minimum atomic E-state index is 0.388. The van der Waals surface area contributed by atoms with Crippen molar-refractivity contribution in [3.63, 3.8) is 0 Å². The second-order valence-corrected chi connectivity index (χ2v) is 5.17. The summed E-state index contributed by atoms with van der Waals surface area (Å²) in [6.07, 6.45) is 2.83. The van der Waals surface area contributed by atoms with Crippen LogP contribution in [0.5, 0.6) is 0 Å². The van der Waals surface area contributed by atoms with Gasteiger partial charge < -0.3 is 14.6 Å². The topological polar surface area (TPSA) is 28.4 Å². The van der Waals surface area contributed by atoms with Crippen molar-refractivity contribution in [3.05, 3.63) is 53.5 Å². The zero-order valence-electron chi connectivity index (χ0n) is 12.8. The number of nitrogens with one attached hydrogen (secondary N) is 1. The molecule has 0 fully saturated rings. The Balaban J connectivity index is 2.25. The Kier molecular flexibility index (Phi) is 4.85. The van der Waals surface area contributed by atoms with Crippen LogP contribution >= 0.6 is 0 Å². The Morgan fingerprint density at radius 1 is 1.25 bits per heavy atom. The third-order valence-corrected chi connectivity index (χ3v) is 3.85. The van der Waals surface area contributed by atoms with Gasteiger partial charge in [0.15, 0.2) is 0 Å². The van der Waals surface area contributed by atoms with E-state index in [-0.39, 0.29) is 0 Å². The van der Waals surface area contributed by atoms with Gasteiger partial charge in [-0.05, 0) is 38.1 Å². The van der Waals surface area contributed by atoms with E-state index in [0.717, 1.165) is 18.7 Å². The second kappa shape index (κ2) is 6.62. The van der Waals surface area contributed by atoms with Crippen molar-refractivity contribution >= 4 is 5.69 Å². The molecule has 1 aromatic heterocycles. The van der Waals surface area contributed by atoms with Gasteiger partial charge in [-0.15, -0.1) is 0 Å². The van der Waals surface area contributed by atoms with Crippen LogP contribution in [-0.4, -0.2) is 14.1 Å². The van der Waals surface area contributed by atoms with Gasteiger partial charge in [0, 0.05) is 30.9 Å². The zero-order chi connectivity index (χ0) is 14.5. The molecule has 2 aromatic rings. The molecule has 1 heterocycles. The summed E-state index contributed by atoms with van der Waals surface area (Å²) in [5.74, 6) is 0.995. The van der Waals surface area contributed by atoms with E-state index in [1.54, 1.807) is 6.26 Å². The minimum absolute atomic E-state index is 0.388. The molecule has 0 bridgehead atoms. The third-order valence-electron chi connectivity index (χ3n) is 3.85. The molecule has 0 saturated carbocycles. The van der Waals surface area contributed by atoms with E-state index in [2.05, 4.69) is 48.5 Å². The van der Waals surface area contributed by atoms with Gasteiger partial charge >= 0.3 is 0 Å². The molecule has 108 valence electrons. The molecule has 20 heavy (non-hydrogen) atoms. The fourth-order valence-corrected chi connectivity index (χ4v) is 2.63. The van der Waals surface area contributed by atoms with Crippen LogP contribution in [0, 0.1) is 6.92 Å². The van der Waals surface area contributed by atoms with Gasteiger partial charge in [0.2, 0.25) is 0 Å². The van der Waals surface area contributed by atoms with E-state index in [4.69, 9.17) is 4.42 Å². The number of aryl methyl sites for hydroxylation is 1. The Hall–Kier alpha value is -1.74. The number of furan rings is 1. The van der Waals surface area contributed by atoms with Crippen LogP contribution in [0.25, 0.3) is 0 Å². The Labute approximate surface area is 121 Å². The number of hydrogen-bond donors (Lipinski definition) is 1. The molecule has 0 aliphatic carbocycles. The first kappa shape index (κ1) is 14.7. The molecule has 1 unspecified atom stereocenters. The Morgan fingerprint density at radius 3 is 2.60 bits per heavy atom. The summed E-state index contributed by atoms with van der Waals surface area (Å²) >= 11 is 0. The molecule has 0 spiro atoms. The summed E-state index contributed by atoms with van der Waals surface area (Å²) < 4.78 is 5.38. The Morgan fingerprint density at radius 2 is 2.00 bits per heavy atom. The summed E-state index contributed by atoms with van der Waals surface area (Å²) in [6.45, 7) is 5.08.